The van der Waals surface area contributed by atoms with Gasteiger partial charge in [-0.2, -0.15) is 0 Å². The van der Waals surface area contributed by atoms with Gasteiger partial charge in [-0.15, -0.1) is 0 Å². The van der Waals surface area contributed by atoms with Crippen molar-refractivity contribution in [1.29, 1.82) is 0 Å². The van der Waals surface area contributed by atoms with Gasteiger partial charge < -0.3 is 10.4 Å². The Hall–Kier alpha value is -0.0800. The Kier molecular flexibility index (Phi) is 0.866. The Balaban J connectivity index is 2.02. The standard InChI is InChI=1S/C6H11NO/c8-3-5-4-1-6(5)7-2-4/h4-8H,1-3H2/t4-,5+,6-/m0/s1. The molecule has 2 heteroatoms. The first-order valence-corrected chi connectivity index (χ1v) is 3.26. The summed E-state index contributed by atoms with van der Waals surface area (Å²) in [5.41, 5.74) is 0. The fourth-order valence-electron chi connectivity index (χ4n) is 1.86. The molecule has 0 aromatic carbocycles. The van der Waals surface area contributed by atoms with Crippen LogP contribution < -0.4 is 5.32 Å². The molecule has 2 bridgehead atoms. The largest absolute Gasteiger partial charge is 0.396 e. The normalized spacial score (nSPS) is 51.4. The van der Waals surface area contributed by atoms with E-state index in [9.17, 15) is 0 Å². The van der Waals surface area contributed by atoms with Gasteiger partial charge in [-0.1, -0.05) is 0 Å². The van der Waals surface area contributed by atoms with Crippen molar-refractivity contribution < 1.29 is 5.11 Å². The van der Waals surface area contributed by atoms with Gasteiger partial charge >= 0.3 is 0 Å². The minimum Gasteiger partial charge on any atom is -0.396 e. The van der Waals surface area contributed by atoms with Crippen LogP contribution >= 0.6 is 0 Å². The fourth-order valence-corrected chi connectivity index (χ4v) is 1.86. The maximum atomic E-state index is 8.73. The van der Waals surface area contributed by atoms with E-state index in [1.807, 2.05) is 0 Å². The van der Waals surface area contributed by atoms with Crippen LogP contribution in [-0.4, -0.2) is 24.3 Å². The van der Waals surface area contributed by atoms with E-state index in [2.05, 4.69) is 5.32 Å². The molecular formula is C6H11NO. The molecular weight excluding hydrogens is 102 g/mol. The first-order valence-electron chi connectivity index (χ1n) is 3.26. The van der Waals surface area contributed by atoms with Crippen molar-refractivity contribution in [1.82, 2.24) is 5.32 Å². The van der Waals surface area contributed by atoms with Gasteiger partial charge in [-0.3, -0.25) is 0 Å². The second-order valence-electron chi connectivity index (χ2n) is 2.86. The van der Waals surface area contributed by atoms with E-state index in [1.54, 1.807) is 0 Å². The molecule has 2 nitrogen and oxygen atoms in total. The molecule has 2 N–H and O–H groups in total. The average molecular weight is 113 g/mol. The summed E-state index contributed by atoms with van der Waals surface area (Å²) in [7, 11) is 0. The lowest BCUT2D eigenvalue weighted by Gasteiger charge is -2.32. The van der Waals surface area contributed by atoms with E-state index >= 15 is 0 Å². The maximum absolute atomic E-state index is 8.73. The van der Waals surface area contributed by atoms with Crippen LogP contribution in [-0.2, 0) is 0 Å². The van der Waals surface area contributed by atoms with Gasteiger partial charge in [0.1, 0.15) is 0 Å². The molecule has 0 spiro atoms. The Morgan fingerprint density at radius 2 is 2.50 bits per heavy atom. The molecule has 3 fully saturated rings. The summed E-state index contributed by atoms with van der Waals surface area (Å²) < 4.78 is 0. The predicted octanol–water partition coefficient (Wildman–Crippen LogP) is -0.413. The van der Waals surface area contributed by atoms with Crippen LogP contribution in [0.1, 0.15) is 6.42 Å². The number of rotatable bonds is 1. The zero-order chi connectivity index (χ0) is 5.56. The summed E-state index contributed by atoms with van der Waals surface area (Å²) in [5, 5.41) is 12.1. The number of hydrogen-bond donors (Lipinski definition) is 2. The van der Waals surface area contributed by atoms with E-state index in [1.165, 1.54) is 6.42 Å². The van der Waals surface area contributed by atoms with Crippen LogP contribution in [0.15, 0.2) is 0 Å². The van der Waals surface area contributed by atoms with Crippen molar-refractivity contribution in [2.75, 3.05) is 13.2 Å². The molecule has 2 saturated heterocycles. The van der Waals surface area contributed by atoms with Gasteiger partial charge in [0.25, 0.3) is 0 Å². The van der Waals surface area contributed by atoms with E-state index in [4.69, 9.17) is 5.11 Å². The number of nitrogens with one attached hydrogen (secondary N) is 1. The number of fused-ring (bicyclic) bond motifs is 1. The van der Waals surface area contributed by atoms with E-state index in [-0.39, 0.29) is 0 Å². The first kappa shape index (κ1) is 4.77. The molecule has 0 amide bonds. The molecule has 2 aliphatic heterocycles. The predicted molar refractivity (Wildman–Crippen MR) is 30.5 cm³/mol. The lowest BCUT2D eigenvalue weighted by atomic mass is 9.75. The molecule has 3 rings (SSSR count). The fraction of sp³-hybridized carbons (Fsp3) is 1.00. The SMILES string of the molecule is OC[C@@H]1[C@@H]2CN[C@H]1C2. The van der Waals surface area contributed by atoms with Crippen LogP contribution in [0.2, 0.25) is 0 Å². The summed E-state index contributed by atoms with van der Waals surface area (Å²) in [6.45, 7) is 1.54. The zero-order valence-electron chi connectivity index (χ0n) is 4.80. The van der Waals surface area contributed by atoms with Gasteiger partial charge in [0, 0.05) is 18.6 Å². The van der Waals surface area contributed by atoms with Crippen molar-refractivity contribution in [3.05, 3.63) is 0 Å². The summed E-state index contributed by atoms with van der Waals surface area (Å²) in [6.07, 6.45) is 1.31. The molecule has 1 saturated carbocycles. The number of aliphatic hydroxyl groups is 1. The lowest BCUT2D eigenvalue weighted by Crippen LogP contribution is -2.39. The van der Waals surface area contributed by atoms with Crippen molar-refractivity contribution in [2.45, 2.75) is 12.5 Å². The molecule has 0 aromatic rings. The molecule has 1 aliphatic carbocycles. The van der Waals surface area contributed by atoms with Crippen LogP contribution in [0.5, 0.6) is 0 Å². The maximum Gasteiger partial charge on any atom is 0.0477 e. The van der Waals surface area contributed by atoms with E-state index in [0.717, 1.165) is 12.5 Å². The number of aliphatic hydroxyl groups excluding tert-OH is 1. The minimum atomic E-state index is 0.391. The second kappa shape index (κ2) is 1.45. The Morgan fingerprint density at radius 1 is 1.62 bits per heavy atom. The number of hydrogen-bond acceptors (Lipinski definition) is 2. The van der Waals surface area contributed by atoms with Crippen LogP contribution in [0.3, 0.4) is 0 Å². The van der Waals surface area contributed by atoms with Crippen LogP contribution in [0.25, 0.3) is 0 Å². The van der Waals surface area contributed by atoms with E-state index in [0.29, 0.717) is 18.6 Å². The lowest BCUT2D eigenvalue weighted by molar-refractivity contribution is 0.114. The molecule has 3 aliphatic rings. The van der Waals surface area contributed by atoms with Gasteiger partial charge in [-0.05, 0) is 18.9 Å². The summed E-state index contributed by atoms with van der Waals surface area (Å²) in [4.78, 5) is 0. The van der Waals surface area contributed by atoms with E-state index < -0.39 is 0 Å². The molecule has 2 heterocycles. The quantitative estimate of drug-likeness (QED) is 0.484. The van der Waals surface area contributed by atoms with Gasteiger partial charge in [0.15, 0.2) is 0 Å². The highest BCUT2D eigenvalue weighted by Crippen LogP contribution is 2.39. The average Bonchev–Trinajstić information content (AvgIpc) is 2.19. The van der Waals surface area contributed by atoms with Crippen molar-refractivity contribution in [3.8, 4) is 0 Å². The minimum absolute atomic E-state index is 0.391. The Labute approximate surface area is 48.9 Å². The second-order valence-corrected chi connectivity index (χ2v) is 2.86. The monoisotopic (exact) mass is 113 g/mol. The van der Waals surface area contributed by atoms with Crippen LogP contribution in [0, 0.1) is 11.8 Å². The van der Waals surface area contributed by atoms with Crippen molar-refractivity contribution >= 4 is 0 Å². The summed E-state index contributed by atoms with van der Waals surface area (Å²) >= 11 is 0. The third-order valence-electron chi connectivity index (χ3n) is 2.53. The molecule has 0 radical (unpaired) electrons. The zero-order valence-corrected chi connectivity index (χ0v) is 4.80. The molecule has 3 atom stereocenters. The van der Waals surface area contributed by atoms with Gasteiger partial charge in [-0.25, -0.2) is 0 Å². The van der Waals surface area contributed by atoms with Gasteiger partial charge in [0.05, 0.1) is 0 Å². The molecule has 0 aromatic heterocycles. The summed E-state index contributed by atoms with van der Waals surface area (Å²) in [6, 6.07) is 0.671. The molecule has 46 valence electrons. The van der Waals surface area contributed by atoms with Crippen molar-refractivity contribution in [3.63, 3.8) is 0 Å². The topological polar surface area (TPSA) is 32.3 Å². The Morgan fingerprint density at radius 3 is 2.75 bits per heavy atom. The Bertz CT molecular complexity index is 90.7. The highest BCUT2D eigenvalue weighted by atomic mass is 16.3. The summed E-state index contributed by atoms with van der Waals surface area (Å²) in [5.74, 6) is 1.42. The third-order valence-corrected chi connectivity index (χ3v) is 2.53. The highest BCUT2D eigenvalue weighted by Gasteiger charge is 2.45. The molecule has 0 unspecified atom stereocenters. The smallest absolute Gasteiger partial charge is 0.0477 e. The third kappa shape index (κ3) is 0.400. The van der Waals surface area contributed by atoms with Crippen LogP contribution in [0.4, 0.5) is 0 Å². The van der Waals surface area contributed by atoms with Gasteiger partial charge in [0.2, 0.25) is 0 Å². The molecule has 8 heavy (non-hydrogen) atoms. The first-order chi connectivity index (χ1) is 3.92. The highest BCUT2D eigenvalue weighted by molar-refractivity contribution is 5.01. The van der Waals surface area contributed by atoms with Crippen molar-refractivity contribution in [2.24, 2.45) is 11.8 Å².